The monoisotopic (exact) mass is 519 g/mol. The van der Waals surface area contributed by atoms with E-state index in [4.69, 9.17) is 4.74 Å². The molecule has 0 unspecified atom stereocenters. The van der Waals surface area contributed by atoms with Gasteiger partial charge < -0.3 is 15.2 Å². The molecule has 0 bridgehead atoms. The number of rotatable bonds is 5. The minimum absolute atomic E-state index is 0.0606. The molecule has 0 radical (unpaired) electrons. The zero-order valence-corrected chi connectivity index (χ0v) is 19.1. The molecule has 11 heteroatoms. The number of alkyl halides is 6. The summed E-state index contributed by atoms with van der Waals surface area (Å²) in [4.78, 5) is 12.1. The first-order valence-corrected chi connectivity index (χ1v) is 11.3. The lowest BCUT2D eigenvalue weighted by molar-refractivity contribution is -0.143. The average molecular weight is 519 g/mol. The van der Waals surface area contributed by atoms with Gasteiger partial charge in [0.1, 0.15) is 11.4 Å². The molecule has 1 heterocycles. The maximum Gasteiger partial charge on any atom is 0.416 e. The fourth-order valence-electron chi connectivity index (χ4n) is 5.24. The van der Waals surface area contributed by atoms with Gasteiger partial charge in [-0.15, -0.1) is 0 Å². The predicted octanol–water partition coefficient (Wildman–Crippen LogP) is 5.58. The van der Waals surface area contributed by atoms with Crippen LogP contribution in [-0.2, 0) is 28.5 Å². The summed E-state index contributed by atoms with van der Waals surface area (Å²) >= 11 is 0. The maximum absolute atomic E-state index is 13.6. The van der Waals surface area contributed by atoms with E-state index in [1.165, 1.54) is 31.2 Å². The third-order valence-corrected chi connectivity index (χ3v) is 6.95. The van der Waals surface area contributed by atoms with E-state index in [-0.39, 0.29) is 24.0 Å². The number of ether oxygens (including phenoxy) is 1. The van der Waals surface area contributed by atoms with Crippen LogP contribution in [0, 0.1) is 11.7 Å². The van der Waals surface area contributed by atoms with Crippen molar-refractivity contribution in [3.63, 3.8) is 0 Å². The van der Waals surface area contributed by atoms with E-state index in [1.54, 1.807) is 0 Å². The number of amides is 1. The number of carbonyl (C=O) groups excluding carboxylic acids is 1. The lowest BCUT2D eigenvalue weighted by Gasteiger charge is -2.29. The van der Waals surface area contributed by atoms with Gasteiger partial charge in [0.25, 0.3) is 5.91 Å². The second kappa shape index (κ2) is 9.33. The van der Waals surface area contributed by atoms with Crippen molar-refractivity contribution >= 4 is 5.91 Å². The molecule has 1 amide bonds. The number of hydrogen-bond acceptors (Lipinski definition) is 3. The zero-order chi connectivity index (χ0) is 26.5. The number of hydrogen-bond donors (Lipinski definition) is 2. The number of benzene rings is 2. The molecule has 4 rings (SSSR count). The summed E-state index contributed by atoms with van der Waals surface area (Å²) in [5.74, 6) is -1.69. The molecule has 2 aromatic carbocycles. The Kier molecular flexibility index (Phi) is 6.85. The van der Waals surface area contributed by atoms with Crippen molar-refractivity contribution in [3.05, 3.63) is 70.5 Å². The third kappa shape index (κ3) is 5.51. The quantitative estimate of drug-likeness (QED) is 0.507. The van der Waals surface area contributed by atoms with Crippen LogP contribution >= 0.6 is 0 Å². The van der Waals surface area contributed by atoms with Crippen molar-refractivity contribution in [2.45, 2.75) is 68.8 Å². The molecule has 196 valence electrons. The Morgan fingerprint density at radius 2 is 1.58 bits per heavy atom. The van der Waals surface area contributed by atoms with Crippen molar-refractivity contribution in [2.75, 3.05) is 0 Å². The van der Waals surface area contributed by atoms with Gasteiger partial charge in [0.2, 0.25) is 0 Å². The fraction of sp³-hybridized carbons (Fsp3) is 0.480. The Labute approximate surface area is 202 Å². The minimum Gasteiger partial charge on any atom is -0.380 e. The topological polar surface area (TPSA) is 58.6 Å². The molecule has 2 aliphatic rings. The number of carbonyl (C=O) groups is 1. The Morgan fingerprint density at radius 1 is 1.00 bits per heavy atom. The molecular formula is C25H24F7NO3. The first kappa shape index (κ1) is 26.4. The smallest absolute Gasteiger partial charge is 0.380 e. The molecule has 2 fully saturated rings. The van der Waals surface area contributed by atoms with Gasteiger partial charge in [-0.05, 0) is 67.1 Å². The first-order chi connectivity index (χ1) is 16.6. The minimum atomic E-state index is -4.97. The van der Waals surface area contributed by atoms with Crippen LogP contribution in [0.1, 0.15) is 54.4 Å². The Morgan fingerprint density at radius 3 is 2.08 bits per heavy atom. The third-order valence-electron chi connectivity index (χ3n) is 6.95. The number of halogens is 7. The highest BCUT2D eigenvalue weighted by atomic mass is 19.4. The van der Waals surface area contributed by atoms with Crippen LogP contribution in [0.25, 0.3) is 0 Å². The van der Waals surface area contributed by atoms with Crippen LogP contribution in [0.2, 0.25) is 0 Å². The predicted molar refractivity (Wildman–Crippen MR) is 114 cm³/mol. The number of nitrogens with one attached hydrogen (secondary N) is 1. The van der Waals surface area contributed by atoms with Crippen LogP contribution in [0.4, 0.5) is 30.7 Å². The van der Waals surface area contributed by atoms with Gasteiger partial charge in [-0.25, -0.2) is 4.39 Å². The highest BCUT2D eigenvalue weighted by Crippen LogP contribution is 2.46. The SMILES string of the molecule is C[C@]1(O)C[C@H]([C@@H]2CC[C@H](OCc3cc(C(F)(F)F)cc(C(F)(F)F)c3)[C@H]2c2ccc(F)cc2)NC1=O. The van der Waals surface area contributed by atoms with Gasteiger partial charge in [0.15, 0.2) is 0 Å². The summed E-state index contributed by atoms with van der Waals surface area (Å²) in [5.41, 5.74) is -4.04. The molecular weight excluding hydrogens is 495 g/mol. The van der Waals surface area contributed by atoms with E-state index >= 15 is 0 Å². The summed E-state index contributed by atoms with van der Waals surface area (Å²) in [6, 6.07) is 6.45. The summed E-state index contributed by atoms with van der Waals surface area (Å²) in [5, 5.41) is 13.1. The van der Waals surface area contributed by atoms with Gasteiger partial charge in [0, 0.05) is 18.4 Å². The van der Waals surface area contributed by atoms with Crippen LogP contribution in [0.3, 0.4) is 0 Å². The highest BCUT2D eigenvalue weighted by Gasteiger charge is 2.50. The molecule has 2 N–H and O–H groups in total. The molecule has 2 aromatic rings. The van der Waals surface area contributed by atoms with Gasteiger partial charge in [-0.1, -0.05) is 12.1 Å². The summed E-state index contributed by atoms with van der Waals surface area (Å²) in [7, 11) is 0. The van der Waals surface area contributed by atoms with Crippen LogP contribution < -0.4 is 5.32 Å². The van der Waals surface area contributed by atoms with Crippen molar-refractivity contribution in [1.29, 1.82) is 0 Å². The van der Waals surface area contributed by atoms with E-state index in [1.807, 2.05) is 0 Å². The molecule has 1 saturated heterocycles. The molecule has 0 aromatic heterocycles. The molecule has 1 saturated carbocycles. The Bertz CT molecular complexity index is 1080. The zero-order valence-electron chi connectivity index (χ0n) is 19.1. The van der Waals surface area contributed by atoms with Crippen molar-refractivity contribution in [1.82, 2.24) is 5.32 Å². The fourth-order valence-corrected chi connectivity index (χ4v) is 5.24. The van der Waals surface area contributed by atoms with E-state index in [0.29, 0.717) is 30.5 Å². The van der Waals surface area contributed by atoms with E-state index in [2.05, 4.69) is 5.32 Å². The van der Waals surface area contributed by atoms with Crippen LogP contribution in [-0.4, -0.2) is 28.8 Å². The van der Waals surface area contributed by atoms with Gasteiger partial charge in [-0.3, -0.25) is 4.79 Å². The lowest BCUT2D eigenvalue weighted by atomic mass is 9.81. The first-order valence-electron chi connectivity index (χ1n) is 11.3. The van der Waals surface area contributed by atoms with Crippen LogP contribution in [0.5, 0.6) is 0 Å². The largest absolute Gasteiger partial charge is 0.416 e. The lowest BCUT2D eigenvalue weighted by Crippen LogP contribution is -2.37. The Balaban J connectivity index is 1.60. The Hall–Kier alpha value is -2.66. The molecule has 4 nitrogen and oxygen atoms in total. The van der Waals surface area contributed by atoms with E-state index in [9.17, 15) is 40.6 Å². The normalized spacial score (nSPS) is 29.0. The van der Waals surface area contributed by atoms with Crippen molar-refractivity contribution < 1.29 is 45.4 Å². The molecule has 36 heavy (non-hydrogen) atoms. The van der Waals surface area contributed by atoms with Crippen molar-refractivity contribution in [2.24, 2.45) is 5.92 Å². The summed E-state index contributed by atoms with van der Waals surface area (Å²) in [6.45, 7) is 0.890. The summed E-state index contributed by atoms with van der Waals surface area (Å²) < 4.78 is 98.7. The molecule has 1 aliphatic heterocycles. The van der Waals surface area contributed by atoms with E-state index < -0.39 is 65.5 Å². The summed E-state index contributed by atoms with van der Waals surface area (Å²) in [6.07, 6.45) is -9.50. The van der Waals surface area contributed by atoms with Gasteiger partial charge in [-0.2, -0.15) is 26.3 Å². The molecule has 5 atom stereocenters. The van der Waals surface area contributed by atoms with Gasteiger partial charge >= 0.3 is 12.4 Å². The standard InChI is InChI=1S/C25H24F7NO3/c1-23(35)11-19(33-22(23)34)18-6-7-20(21(18)14-2-4-17(26)5-3-14)36-12-13-8-15(24(27,28)29)10-16(9-13)25(30,31)32/h2-5,8-10,18-21,35H,6-7,11-12H2,1H3,(H,33,34)/t18-,19+,20-,21-,23-/m0/s1. The number of aliphatic hydroxyl groups is 1. The van der Waals surface area contributed by atoms with E-state index in [0.717, 1.165) is 0 Å². The van der Waals surface area contributed by atoms with Crippen LogP contribution in [0.15, 0.2) is 42.5 Å². The highest BCUT2D eigenvalue weighted by molar-refractivity contribution is 5.87. The second-order valence-electron chi connectivity index (χ2n) is 9.64. The molecule has 0 spiro atoms. The van der Waals surface area contributed by atoms with Gasteiger partial charge in [0.05, 0.1) is 23.8 Å². The second-order valence-corrected chi connectivity index (χ2v) is 9.64. The molecule has 1 aliphatic carbocycles. The maximum atomic E-state index is 13.6. The van der Waals surface area contributed by atoms with Crippen molar-refractivity contribution in [3.8, 4) is 0 Å². The average Bonchev–Trinajstić information content (AvgIpc) is 3.31.